The van der Waals surface area contributed by atoms with E-state index in [1.54, 1.807) is 0 Å². The second-order valence-corrected chi connectivity index (χ2v) is 8.08. The Hall–Kier alpha value is -1.26. The van der Waals surface area contributed by atoms with E-state index in [9.17, 15) is 0 Å². The van der Waals surface area contributed by atoms with Gasteiger partial charge in [0.05, 0.1) is 0 Å². The Bertz CT molecular complexity index is 533. The molecule has 0 fully saturated rings. The predicted molar refractivity (Wildman–Crippen MR) is 107 cm³/mol. The van der Waals surface area contributed by atoms with Crippen molar-refractivity contribution in [2.45, 2.75) is 80.8 Å². The molecule has 0 aliphatic rings. The molecule has 4 nitrogen and oxygen atoms in total. The Kier molecular flexibility index (Phi) is 8.91. The smallest absolute Gasteiger partial charge is 0.197 e. The molecule has 3 unspecified atom stereocenters. The fraction of sp³-hybridized carbons (Fsp3) is 0.727. The van der Waals surface area contributed by atoms with Gasteiger partial charge in [-0.1, -0.05) is 40.7 Å². The summed E-state index contributed by atoms with van der Waals surface area (Å²) in [5.74, 6) is 2.30. The van der Waals surface area contributed by atoms with Crippen molar-refractivity contribution < 1.29 is 18.9 Å². The summed E-state index contributed by atoms with van der Waals surface area (Å²) in [7, 11) is 0. The maximum Gasteiger partial charge on any atom is 0.197 e. The summed E-state index contributed by atoms with van der Waals surface area (Å²) in [4.78, 5) is 0. The highest BCUT2D eigenvalue weighted by Crippen LogP contribution is 2.43. The van der Waals surface area contributed by atoms with Crippen LogP contribution in [0.2, 0.25) is 0 Å². The second-order valence-electron chi connectivity index (χ2n) is 8.08. The Morgan fingerprint density at radius 3 is 1.73 bits per heavy atom. The van der Waals surface area contributed by atoms with Gasteiger partial charge in [0.2, 0.25) is 0 Å². The van der Waals surface area contributed by atoms with Gasteiger partial charge in [-0.3, -0.25) is 0 Å². The van der Waals surface area contributed by atoms with E-state index in [2.05, 4.69) is 46.8 Å². The molecule has 0 aromatic heterocycles. The molecule has 0 heterocycles. The van der Waals surface area contributed by atoms with E-state index in [0.29, 0.717) is 36.5 Å². The van der Waals surface area contributed by atoms with Gasteiger partial charge in [-0.2, -0.15) is 0 Å². The number of ether oxygens (including phenoxy) is 4. The SMILES string of the molecule is CCOC(C)Oc1ccc(C(C(C)C)C(C)(C)C)cc1OC(C)OCC. The number of hydrogen-bond acceptors (Lipinski definition) is 4. The molecular weight excluding hydrogens is 328 g/mol. The highest BCUT2D eigenvalue weighted by atomic mass is 16.7. The molecule has 0 amide bonds. The zero-order valence-corrected chi connectivity index (χ0v) is 18.1. The van der Waals surface area contributed by atoms with Gasteiger partial charge in [0, 0.05) is 13.2 Å². The third-order valence-electron chi connectivity index (χ3n) is 4.32. The van der Waals surface area contributed by atoms with Gasteiger partial charge >= 0.3 is 0 Å². The zero-order chi connectivity index (χ0) is 19.9. The predicted octanol–water partition coefficient (Wildman–Crippen LogP) is 5.99. The second kappa shape index (κ2) is 10.2. The molecule has 0 bridgehead atoms. The van der Waals surface area contributed by atoms with Crippen LogP contribution in [0.1, 0.15) is 73.8 Å². The van der Waals surface area contributed by atoms with Gasteiger partial charge in [-0.15, -0.1) is 0 Å². The third-order valence-corrected chi connectivity index (χ3v) is 4.32. The van der Waals surface area contributed by atoms with Gasteiger partial charge in [0.15, 0.2) is 24.1 Å². The molecule has 0 spiro atoms. The molecule has 0 saturated carbocycles. The van der Waals surface area contributed by atoms with Crippen molar-refractivity contribution in [3.63, 3.8) is 0 Å². The molecule has 150 valence electrons. The topological polar surface area (TPSA) is 36.9 Å². The highest BCUT2D eigenvalue weighted by molar-refractivity contribution is 5.44. The summed E-state index contributed by atoms with van der Waals surface area (Å²) in [5, 5.41) is 0. The van der Waals surface area contributed by atoms with Gasteiger partial charge in [0.25, 0.3) is 0 Å². The van der Waals surface area contributed by atoms with Crippen molar-refractivity contribution in [3.8, 4) is 11.5 Å². The molecule has 4 heteroatoms. The number of benzene rings is 1. The molecule has 1 rings (SSSR count). The lowest BCUT2D eigenvalue weighted by atomic mass is 9.70. The standard InChI is InChI=1S/C22H38O4/c1-10-23-16(5)25-19-13-12-18(21(15(3)4)22(7,8)9)14-20(19)26-17(6)24-11-2/h12-17,21H,10-11H2,1-9H3. The first kappa shape index (κ1) is 22.8. The van der Waals surface area contributed by atoms with Crippen molar-refractivity contribution in [2.24, 2.45) is 11.3 Å². The molecule has 0 radical (unpaired) electrons. The van der Waals surface area contributed by atoms with Crippen LogP contribution >= 0.6 is 0 Å². The van der Waals surface area contributed by atoms with Crippen LogP contribution in [-0.4, -0.2) is 25.8 Å². The molecule has 0 N–H and O–H groups in total. The van der Waals surface area contributed by atoms with Gasteiger partial charge in [-0.25, -0.2) is 0 Å². The van der Waals surface area contributed by atoms with E-state index >= 15 is 0 Å². The summed E-state index contributed by atoms with van der Waals surface area (Å²) in [5.41, 5.74) is 1.40. The van der Waals surface area contributed by atoms with Gasteiger partial charge in [0.1, 0.15) is 0 Å². The third kappa shape index (κ3) is 6.81. The molecule has 1 aromatic rings. The van der Waals surface area contributed by atoms with Gasteiger partial charge < -0.3 is 18.9 Å². The summed E-state index contributed by atoms with van der Waals surface area (Å²) >= 11 is 0. The summed E-state index contributed by atoms with van der Waals surface area (Å²) in [6, 6.07) is 6.22. The first-order valence-electron chi connectivity index (χ1n) is 9.80. The zero-order valence-electron chi connectivity index (χ0n) is 18.1. The Balaban J connectivity index is 3.23. The molecule has 0 aliphatic carbocycles. The Morgan fingerprint density at radius 2 is 1.31 bits per heavy atom. The molecular formula is C22H38O4. The van der Waals surface area contributed by atoms with E-state index in [1.807, 2.05) is 33.8 Å². The highest BCUT2D eigenvalue weighted by Gasteiger charge is 2.30. The lowest BCUT2D eigenvalue weighted by Gasteiger charge is -2.35. The summed E-state index contributed by atoms with van der Waals surface area (Å²) < 4.78 is 23.1. The van der Waals surface area contributed by atoms with Crippen LogP contribution in [0.4, 0.5) is 0 Å². The first-order valence-corrected chi connectivity index (χ1v) is 9.80. The minimum atomic E-state index is -0.341. The van der Waals surface area contributed by atoms with Crippen molar-refractivity contribution in [3.05, 3.63) is 23.8 Å². The maximum atomic E-state index is 6.05. The summed E-state index contributed by atoms with van der Waals surface area (Å²) in [6.07, 6.45) is -0.675. The lowest BCUT2D eigenvalue weighted by Crippen LogP contribution is -2.24. The quantitative estimate of drug-likeness (QED) is 0.476. The van der Waals surface area contributed by atoms with Crippen LogP contribution < -0.4 is 9.47 Å². The minimum absolute atomic E-state index is 0.151. The van der Waals surface area contributed by atoms with E-state index < -0.39 is 0 Å². The van der Waals surface area contributed by atoms with Crippen molar-refractivity contribution in [1.29, 1.82) is 0 Å². The number of rotatable bonds is 10. The van der Waals surface area contributed by atoms with Crippen LogP contribution in [0.3, 0.4) is 0 Å². The van der Waals surface area contributed by atoms with Crippen LogP contribution in [-0.2, 0) is 9.47 Å². The van der Waals surface area contributed by atoms with Crippen molar-refractivity contribution in [2.75, 3.05) is 13.2 Å². The molecule has 3 atom stereocenters. The Labute approximate surface area is 160 Å². The molecule has 0 aliphatic heterocycles. The van der Waals surface area contributed by atoms with Crippen LogP contribution in [0.15, 0.2) is 18.2 Å². The van der Waals surface area contributed by atoms with E-state index in [0.717, 1.165) is 0 Å². The van der Waals surface area contributed by atoms with Crippen LogP contribution in [0.25, 0.3) is 0 Å². The fourth-order valence-electron chi connectivity index (χ4n) is 3.69. The number of hydrogen-bond donors (Lipinski definition) is 0. The largest absolute Gasteiger partial charge is 0.461 e. The average molecular weight is 367 g/mol. The van der Waals surface area contributed by atoms with Crippen LogP contribution in [0, 0.1) is 11.3 Å². The lowest BCUT2D eigenvalue weighted by molar-refractivity contribution is -0.0767. The Morgan fingerprint density at radius 1 is 0.808 bits per heavy atom. The maximum absolute atomic E-state index is 6.05. The summed E-state index contributed by atoms with van der Waals surface area (Å²) in [6.45, 7) is 20.3. The molecule has 1 aromatic carbocycles. The van der Waals surface area contributed by atoms with E-state index in [-0.39, 0.29) is 18.0 Å². The van der Waals surface area contributed by atoms with Crippen molar-refractivity contribution in [1.82, 2.24) is 0 Å². The molecule has 26 heavy (non-hydrogen) atoms. The fourth-order valence-corrected chi connectivity index (χ4v) is 3.69. The average Bonchev–Trinajstić information content (AvgIpc) is 2.48. The minimum Gasteiger partial charge on any atom is -0.461 e. The van der Waals surface area contributed by atoms with E-state index in [1.165, 1.54) is 5.56 Å². The monoisotopic (exact) mass is 366 g/mol. The van der Waals surface area contributed by atoms with Crippen molar-refractivity contribution >= 4 is 0 Å². The van der Waals surface area contributed by atoms with Gasteiger partial charge in [-0.05, 0) is 62.6 Å². The van der Waals surface area contributed by atoms with Crippen LogP contribution in [0.5, 0.6) is 11.5 Å². The normalized spacial score (nSPS) is 15.6. The van der Waals surface area contributed by atoms with E-state index in [4.69, 9.17) is 18.9 Å². The molecule has 0 saturated heterocycles. The first-order chi connectivity index (χ1) is 12.1.